The third-order valence-electron chi connectivity index (χ3n) is 1.98. The zero-order valence-electron chi connectivity index (χ0n) is 9.81. The molecule has 0 aromatic carbocycles. The highest BCUT2D eigenvalue weighted by Crippen LogP contribution is 2.47. The molecular weight excluding hydrogens is 304 g/mol. The number of hydrogen-bond donors (Lipinski definition) is 1. The molecule has 0 heterocycles. The lowest BCUT2D eigenvalue weighted by molar-refractivity contribution is -0.271. The van der Waals surface area contributed by atoms with Gasteiger partial charge in [0.05, 0.1) is 0 Å². The third kappa shape index (κ3) is 3.31. The largest absolute Gasteiger partial charge is 0.431 e. The normalized spacial score (nSPS) is 14.3. The van der Waals surface area contributed by atoms with Crippen LogP contribution >= 0.6 is 0 Å². The Kier molecular flexibility index (Phi) is 4.90. The Morgan fingerprint density at radius 2 is 1.53 bits per heavy atom. The first-order chi connectivity index (χ1) is 8.20. The molecule has 0 rings (SSSR count). The van der Waals surface area contributed by atoms with E-state index in [0.717, 1.165) is 0 Å². The smallest absolute Gasteiger partial charge is 0.274 e. The molecule has 0 saturated heterocycles. The molecule has 0 fully saturated rings. The predicted molar refractivity (Wildman–Crippen MR) is 52.5 cm³/mol. The molecule has 1 amide bonds. The minimum absolute atomic E-state index is 0.0489. The van der Waals surface area contributed by atoms with E-state index in [4.69, 9.17) is 0 Å². The first-order valence-electron chi connectivity index (χ1n) is 4.89. The molecule has 0 bridgehead atoms. The summed E-state index contributed by atoms with van der Waals surface area (Å²) in [5.74, 6) is -12.9. The standard InChI is InChI=1S/C8H11F6NO3S/c1-3-4-5(16)15-19(17,18)8(13,14)7(11,12)6(2,9)10/h3-4H2,1-2H3,(H,15,16). The van der Waals surface area contributed by atoms with E-state index >= 15 is 0 Å². The fraction of sp³-hybridized carbons (Fsp3) is 0.875. The SMILES string of the molecule is CCCC(=O)NS(=O)(=O)C(F)(F)C(F)(F)C(C)(F)F. The van der Waals surface area contributed by atoms with Crippen molar-refractivity contribution in [2.45, 2.75) is 43.8 Å². The van der Waals surface area contributed by atoms with Crippen LogP contribution in [-0.4, -0.2) is 31.4 Å². The Labute approximate surface area is 105 Å². The van der Waals surface area contributed by atoms with Crippen LogP contribution in [0.5, 0.6) is 0 Å². The van der Waals surface area contributed by atoms with E-state index in [2.05, 4.69) is 0 Å². The molecule has 0 aliphatic rings. The quantitative estimate of drug-likeness (QED) is 0.764. The topological polar surface area (TPSA) is 63.2 Å². The average molecular weight is 315 g/mol. The zero-order chi connectivity index (χ0) is 15.7. The molecule has 114 valence electrons. The van der Waals surface area contributed by atoms with Crippen LogP contribution in [0.15, 0.2) is 0 Å². The van der Waals surface area contributed by atoms with Crippen molar-refractivity contribution in [2.24, 2.45) is 0 Å². The summed E-state index contributed by atoms with van der Waals surface area (Å²) in [5.41, 5.74) is 0. The molecule has 0 spiro atoms. The van der Waals surface area contributed by atoms with E-state index in [9.17, 15) is 39.6 Å². The molecule has 4 nitrogen and oxygen atoms in total. The second-order valence-electron chi connectivity index (χ2n) is 3.76. The van der Waals surface area contributed by atoms with E-state index in [1.165, 1.54) is 6.92 Å². The van der Waals surface area contributed by atoms with E-state index in [1.807, 2.05) is 0 Å². The van der Waals surface area contributed by atoms with Crippen molar-refractivity contribution in [3.63, 3.8) is 0 Å². The molecule has 0 radical (unpaired) electrons. The minimum atomic E-state index is -6.28. The second kappa shape index (κ2) is 5.17. The van der Waals surface area contributed by atoms with Crippen LogP contribution in [0.25, 0.3) is 0 Å². The molecule has 0 saturated carbocycles. The second-order valence-corrected chi connectivity index (χ2v) is 5.48. The number of hydrogen-bond acceptors (Lipinski definition) is 3. The van der Waals surface area contributed by atoms with Gasteiger partial charge >= 0.3 is 27.1 Å². The lowest BCUT2D eigenvalue weighted by Crippen LogP contribution is -2.60. The van der Waals surface area contributed by atoms with Gasteiger partial charge < -0.3 is 0 Å². The summed E-state index contributed by atoms with van der Waals surface area (Å²) in [6.07, 6.45) is -0.489. The highest BCUT2D eigenvalue weighted by Gasteiger charge is 2.75. The maximum atomic E-state index is 13.0. The number of amides is 1. The number of nitrogens with one attached hydrogen (secondary N) is 1. The maximum absolute atomic E-state index is 13.0. The van der Waals surface area contributed by atoms with E-state index < -0.39 is 46.4 Å². The monoisotopic (exact) mass is 315 g/mol. The van der Waals surface area contributed by atoms with Crippen molar-refractivity contribution < 1.29 is 39.6 Å². The van der Waals surface area contributed by atoms with Gasteiger partial charge in [0.2, 0.25) is 5.91 Å². The van der Waals surface area contributed by atoms with Gasteiger partial charge in [-0.3, -0.25) is 4.79 Å². The van der Waals surface area contributed by atoms with Gasteiger partial charge in [0.15, 0.2) is 0 Å². The van der Waals surface area contributed by atoms with E-state index in [1.54, 1.807) is 0 Å². The van der Waals surface area contributed by atoms with Gasteiger partial charge in [-0.1, -0.05) is 6.92 Å². The number of carbonyl (C=O) groups excluding carboxylic acids is 1. The van der Waals surface area contributed by atoms with Crippen molar-refractivity contribution in [1.82, 2.24) is 4.72 Å². The lowest BCUT2D eigenvalue weighted by atomic mass is 10.2. The van der Waals surface area contributed by atoms with Crippen LogP contribution in [-0.2, 0) is 14.8 Å². The van der Waals surface area contributed by atoms with Gasteiger partial charge in [0, 0.05) is 13.3 Å². The Hall–Kier alpha value is -1.00. The third-order valence-corrected chi connectivity index (χ3v) is 3.41. The van der Waals surface area contributed by atoms with Crippen LogP contribution in [0.2, 0.25) is 0 Å². The van der Waals surface area contributed by atoms with Crippen molar-refractivity contribution in [1.29, 1.82) is 0 Å². The highest BCUT2D eigenvalue weighted by atomic mass is 32.2. The van der Waals surface area contributed by atoms with Gasteiger partial charge in [-0.2, -0.15) is 34.8 Å². The van der Waals surface area contributed by atoms with Gasteiger partial charge in [-0.15, -0.1) is 0 Å². The first-order valence-corrected chi connectivity index (χ1v) is 6.37. The fourth-order valence-electron chi connectivity index (χ4n) is 0.916. The van der Waals surface area contributed by atoms with Crippen LogP contribution in [0, 0.1) is 0 Å². The summed E-state index contributed by atoms with van der Waals surface area (Å²) in [6.45, 7) is 0.837. The van der Waals surface area contributed by atoms with Gasteiger partial charge in [0.25, 0.3) is 0 Å². The maximum Gasteiger partial charge on any atom is 0.431 e. The summed E-state index contributed by atoms with van der Waals surface area (Å²) in [5, 5.41) is -6.14. The van der Waals surface area contributed by atoms with Crippen molar-refractivity contribution in [3.8, 4) is 0 Å². The minimum Gasteiger partial charge on any atom is -0.274 e. The summed E-state index contributed by atoms with van der Waals surface area (Å²) >= 11 is 0. The summed E-state index contributed by atoms with van der Waals surface area (Å²) < 4.78 is 99.0. The first kappa shape index (κ1) is 18.0. The molecule has 11 heteroatoms. The number of carbonyl (C=O) groups is 1. The fourth-order valence-corrected chi connectivity index (χ4v) is 1.96. The Bertz CT molecular complexity index is 442. The van der Waals surface area contributed by atoms with Crippen LogP contribution < -0.4 is 4.72 Å². The van der Waals surface area contributed by atoms with Gasteiger partial charge in [-0.25, -0.2) is 4.72 Å². The molecule has 0 atom stereocenters. The van der Waals surface area contributed by atoms with Crippen molar-refractivity contribution in [2.75, 3.05) is 0 Å². The predicted octanol–water partition coefficient (Wildman–Crippen LogP) is 2.12. The molecule has 1 N–H and O–H groups in total. The van der Waals surface area contributed by atoms with Crippen molar-refractivity contribution >= 4 is 15.9 Å². The highest BCUT2D eigenvalue weighted by molar-refractivity contribution is 7.91. The Morgan fingerprint density at radius 1 is 1.11 bits per heavy atom. The summed E-state index contributed by atoms with van der Waals surface area (Å²) in [4.78, 5) is 10.8. The molecule has 0 aromatic heterocycles. The molecular formula is C8H11F6NO3S. The number of rotatable bonds is 6. The van der Waals surface area contributed by atoms with Crippen LogP contribution in [0.3, 0.4) is 0 Å². The Balaban J connectivity index is 5.48. The lowest BCUT2D eigenvalue weighted by Gasteiger charge is -2.29. The van der Waals surface area contributed by atoms with Gasteiger partial charge in [0.1, 0.15) is 0 Å². The van der Waals surface area contributed by atoms with Gasteiger partial charge in [-0.05, 0) is 6.42 Å². The number of halogens is 6. The Morgan fingerprint density at radius 3 is 1.84 bits per heavy atom. The number of sulfonamides is 1. The van der Waals surface area contributed by atoms with E-state index in [0.29, 0.717) is 4.72 Å². The van der Waals surface area contributed by atoms with Crippen LogP contribution in [0.4, 0.5) is 26.3 Å². The molecule has 0 aliphatic heterocycles. The average Bonchev–Trinajstić information content (AvgIpc) is 2.14. The summed E-state index contributed by atoms with van der Waals surface area (Å²) in [6, 6.07) is 0. The van der Waals surface area contributed by atoms with Crippen LogP contribution in [0.1, 0.15) is 26.7 Å². The van der Waals surface area contributed by atoms with Crippen molar-refractivity contribution in [3.05, 3.63) is 0 Å². The van der Waals surface area contributed by atoms with E-state index in [-0.39, 0.29) is 6.42 Å². The summed E-state index contributed by atoms with van der Waals surface area (Å²) in [7, 11) is -6.28. The molecule has 0 aliphatic carbocycles. The zero-order valence-corrected chi connectivity index (χ0v) is 10.6. The molecule has 19 heavy (non-hydrogen) atoms. The molecule has 0 aromatic rings. The molecule has 0 unspecified atom stereocenters. The number of alkyl halides is 6.